The van der Waals surface area contributed by atoms with Gasteiger partial charge in [-0.2, -0.15) is 0 Å². The minimum absolute atomic E-state index is 0.0804. The molecule has 2 aliphatic heterocycles. The summed E-state index contributed by atoms with van der Waals surface area (Å²) in [4.78, 5) is 29.3. The van der Waals surface area contributed by atoms with Crippen LogP contribution in [0, 0.1) is 11.7 Å². The molecule has 7 heteroatoms. The summed E-state index contributed by atoms with van der Waals surface area (Å²) in [5.74, 6) is 0.555. The van der Waals surface area contributed by atoms with Crippen LogP contribution >= 0.6 is 0 Å². The highest BCUT2D eigenvalue weighted by Crippen LogP contribution is 2.07. The molecule has 2 fully saturated rings. The molecule has 0 spiro atoms. The monoisotopic (exact) mass is 378 g/mol. The normalized spacial score (nSPS) is 23.9. The van der Waals surface area contributed by atoms with Gasteiger partial charge in [0.1, 0.15) is 5.82 Å². The van der Waals surface area contributed by atoms with Crippen molar-refractivity contribution >= 4 is 17.5 Å². The molecule has 1 aromatic carbocycles. The summed E-state index contributed by atoms with van der Waals surface area (Å²) >= 11 is 0. The minimum Gasteiger partial charge on any atom is -0.327 e. The number of amides is 2. The van der Waals surface area contributed by atoms with Crippen molar-refractivity contribution in [3.63, 3.8) is 0 Å². The predicted octanol–water partition coefficient (Wildman–Crippen LogP) is -1.19. The lowest BCUT2D eigenvalue weighted by Crippen LogP contribution is -3.16. The van der Waals surface area contributed by atoms with E-state index in [1.807, 2.05) is 4.90 Å². The van der Waals surface area contributed by atoms with E-state index in [4.69, 9.17) is 0 Å². The Morgan fingerprint density at radius 3 is 2.48 bits per heavy atom. The van der Waals surface area contributed by atoms with Crippen molar-refractivity contribution in [2.75, 3.05) is 57.7 Å². The zero-order valence-electron chi connectivity index (χ0n) is 16.1. The second-order valence-corrected chi connectivity index (χ2v) is 7.99. The van der Waals surface area contributed by atoms with Crippen LogP contribution in [0.3, 0.4) is 0 Å². The largest absolute Gasteiger partial charge is 0.327 e. The number of anilines is 1. The molecule has 0 saturated carbocycles. The van der Waals surface area contributed by atoms with Crippen molar-refractivity contribution in [3.8, 4) is 0 Å². The molecule has 148 valence electrons. The van der Waals surface area contributed by atoms with Gasteiger partial charge in [-0.3, -0.25) is 9.59 Å². The van der Waals surface area contributed by atoms with Crippen molar-refractivity contribution in [3.05, 3.63) is 30.1 Å². The van der Waals surface area contributed by atoms with Crippen LogP contribution in [-0.4, -0.2) is 69.1 Å². The van der Waals surface area contributed by atoms with Crippen LogP contribution in [0.4, 0.5) is 10.1 Å². The van der Waals surface area contributed by atoms with E-state index in [1.165, 1.54) is 34.8 Å². The summed E-state index contributed by atoms with van der Waals surface area (Å²) in [5, 5.41) is 2.80. The number of nitrogens with zero attached hydrogens (tertiary/aromatic N) is 1. The molecule has 27 heavy (non-hydrogen) atoms. The van der Waals surface area contributed by atoms with E-state index in [-0.39, 0.29) is 17.6 Å². The summed E-state index contributed by atoms with van der Waals surface area (Å²) in [6, 6.07) is 5.78. The number of hydrogen-bond donors (Lipinski definition) is 3. The van der Waals surface area contributed by atoms with Crippen LogP contribution in [0.25, 0.3) is 0 Å². The van der Waals surface area contributed by atoms with Crippen LogP contribution in [0.2, 0.25) is 0 Å². The molecule has 1 unspecified atom stereocenters. The van der Waals surface area contributed by atoms with Gasteiger partial charge in [0.25, 0.3) is 11.8 Å². The van der Waals surface area contributed by atoms with E-state index in [1.54, 1.807) is 12.1 Å². The van der Waals surface area contributed by atoms with E-state index in [2.05, 4.69) is 12.2 Å². The number of halogens is 1. The molecule has 0 radical (unpaired) electrons. The van der Waals surface area contributed by atoms with Gasteiger partial charge in [0, 0.05) is 11.6 Å². The van der Waals surface area contributed by atoms with Gasteiger partial charge in [-0.1, -0.05) is 6.92 Å². The second kappa shape index (κ2) is 9.28. The number of piperidine rings is 1. The Bertz CT molecular complexity index is 644. The molecular weight excluding hydrogens is 347 g/mol. The van der Waals surface area contributed by atoms with E-state index in [0.717, 1.165) is 26.2 Å². The molecule has 2 aliphatic rings. The fraction of sp³-hybridized carbons (Fsp3) is 0.600. The molecule has 2 amide bonds. The quantitative estimate of drug-likeness (QED) is 0.603. The number of hydrogen-bond acceptors (Lipinski definition) is 2. The Morgan fingerprint density at radius 2 is 1.81 bits per heavy atom. The van der Waals surface area contributed by atoms with E-state index in [9.17, 15) is 14.0 Å². The summed E-state index contributed by atoms with van der Waals surface area (Å²) in [7, 11) is 0. The molecule has 2 saturated heterocycles. The molecule has 6 nitrogen and oxygen atoms in total. The molecular formula is C20H31FN4O2+2. The summed E-state index contributed by atoms with van der Waals surface area (Å²) in [6.45, 7) is 8.43. The molecule has 2 heterocycles. The highest BCUT2D eigenvalue weighted by atomic mass is 19.1. The topological polar surface area (TPSA) is 58.3 Å². The first kappa shape index (κ1) is 19.8. The predicted molar refractivity (Wildman–Crippen MR) is 101 cm³/mol. The van der Waals surface area contributed by atoms with Crippen LogP contribution in [0.1, 0.15) is 19.8 Å². The van der Waals surface area contributed by atoms with Crippen LogP contribution in [0.15, 0.2) is 24.3 Å². The lowest BCUT2D eigenvalue weighted by atomic mass is 10.0. The molecule has 2 atom stereocenters. The number of carbonyl (C=O) groups is 2. The van der Waals surface area contributed by atoms with Crippen molar-refractivity contribution < 1.29 is 23.8 Å². The highest BCUT2D eigenvalue weighted by molar-refractivity contribution is 5.91. The van der Waals surface area contributed by atoms with Crippen LogP contribution in [-0.2, 0) is 9.59 Å². The van der Waals surface area contributed by atoms with Crippen LogP contribution < -0.4 is 15.1 Å². The Hall–Kier alpha value is -1.99. The SMILES string of the molecule is C[C@H]1CCC[NH+](CC(=O)N2CC[NH+](CC(=O)Nc3ccc(F)cc3)CC2)C1. The first-order chi connectivity index (χ1) is 13.0. The number of quaternary nitrogens is 2. The lowest BCUT2D eigenvalue weighted by Gasteiger charge is -2.33. The van der Waals surface area contributed by atoms with Crippen molar-refractivity contribution in [1.29, 1.82) is 0 Å². The molecule has 3 N–H and O–H groups in total. The zero-order valence-corrected chi connectivity index (χ0v) is 16.1. The molecule has 0 aromatic heterocycles. The molecule has 1 aromatic rings. The van der Waals surface area contributed by atoms with E-state index in [0.29, 0.717) is 37.8 Å². The fourth-order valence-corrected chi connectivity index (χ4v) is 4.10. The smallest absolute Gasteiger partial charge is 0.279 e. The summed E-state index contributed by atoms with van der Waals surface area (Å²) in [6.07, 6.45) is 2.49. The third-order valence-corrected chi connectivity index (χ3v) is 5.63. The van der Waals surface area contributed by atoms with E-state index >= 15 is 0 Å². The Morgan fingerprint density at radius 1 is 1.11 bits per heavy atom. The van der Waals surface area contributed by atoms with Gasteiger partial charge in [-0.25, -0.2) is 4.39 Å². The first-order valence-electron chi connectivity index (χ1n) is 10.00. The standard InChI is InChI=1S/C20H29FN4O2/c1-16-3-2-8-24(13-16)15-20(27)25-11-9-23(10-12-25)14-19(26)22-18-6-4-17(21)5-7-18/h4-7,16H,2-3,8-15H2,1H3,(H,22,26)/p+2/t16-/m0/s1. The number of nitrogens with one attached hydrogen (secondary N) is 3. The maximum Gasteiger partial charge on any atom is 0.279 e. The Kier molecular flexibility index (Phi) is 6.79. The number of benzene rings is 1. The van der Waals surface area contributed by atoms with Gasteiger partial charge in [-0.15, -0.1) is 0 Å². The average Bonchev–Trinajstić information content (AvgIpc) is 2.64. The molecule has 0 bridgehead atoms. The fourth-order valence-electron chi connectivity index (χ4n) is 4.10. The summed E-state index contributed by atoms with van der Waals surface area (Å²) < 4.78 is 12.9. The van der Waals surface area contributed by atoms with Gasteiger partial charge in [-0.05, 0) is 37.1 Å². The maximum absolute atomic E-state index is 12.9. The highest BCUT2D eigenvalue weighted by Gasteiger charge is 2.29. The second-order valence-electron chi connectivity index (χ2n) is 7.99. The van der Waals surface area contributed by atoms with E-state index < -0.39 is 0 Å². The van der Waals surface area contributed by atoms with Gasteiger partial charge >= 0.3 is 0 Å². The Labute approximate surface area is 160 Å². The van der Waals surface area contributed by atoms with Crippen LogP contribution in [0.5, 0.6) is 0 Å². The number of likely N-dealkylation sites (tertiary alicyclic amines) is 1. The Balaban J connectivity index is 1.38. The van der Waals surface area contributed by atoms with Gasteiger partial charge < -0.3 is 20.0 Å². The van der Waals surface area contributed by atoms with Crippen molar-refractivity contribution in [1.82, 2.24) is 4.90 Å². The third-order valence-electron chi connectivity index (χ3n) is 5.63. The van der Waals surface area contributed by atoms with Gasteiger partial charge in [0.05, 0.1) is 39.3 Å². The number of piperazine rings is 1. The third kappa shape index (κ3) is 6.01. The minimum atomic E-state index is -0.319. The molecule has 3 rings (SSSR count). The van der Waals surface area contributed by atoms with Crippen molar-refractivity contribution in [2.24, 2.45) is 5.92 Å². The zero-order chi connectivity index (χ0) is 19.2. The van der Waals surface area contributed by atoms with Gasteiger partial charge in [0.15, 0.2) is 13.1 Å². The van der Waals surface area contributed by atoms with Crippen molar-refractivity contribution in [2.45, 2.75) is 19.8 Å². The van der Waals surface area contributed by atoms with Gasteiger partial charge in [0.2, 0.25) is 0 Å². The average molecular weight is 378 g/mol. The summed E-state index contributed by atoms with van der Waals surface area (Å²) in [5.41, 5.74) is 0.605. The first-order valence-corrected chi connectivity index (χ1v) is 10.00. The molecule has 0 aliphatic carbocycles. The maximum atomic E-state index is 12.9. The number of rotatable bonds is 5. The number of carbonyl (C=O) groups excluding carboxylic acids is 2. The lowest BCUT2D eigenvalue weighted by molar-refractivity contribution is -0.902.